The number of rotatable bonds is 4. The summed E-state index contributed by atoms with van der Waals surface area (Å²) in [6.45, 7) is 6.22. The number of amides is 1. The molecule has 2 rings (SSSR count). The van der Waals surface area contributed by atoms with E-state index in [-0.39, 0.29) is 5.91 Å². The summed E-state index contributed by atoms with van der Waals surface area (Å²) in [6.07, 6.45) is 4.05. The van der Waals surface area contributed by atoms with Crippen molar-refractivity contribution in [2.24, 2.45) is 5.92 Å². The van der Waals surface area contributed by atoms with Gasteiger partial charge in [0.2, 0.25) is 0 Å². The van der Waals surface area contributed by atoms with Gasteiger partial charge in [0.25, 0.3) is 5.91 Å². The van der Waals surface area contributed by atoms with E-state index in [4.69, 9.17) is 4.42 Å². The number of likely N-dealkylation sites (tertiary alicyclic amines) is 1. The molecule has 2 heterocycles. The van der Waals surface area contributed by atoms with Gasteiger partial charge in [-0.15, -0.1) is 0 Å². The smallest absolute Gasteiger partial charge is 0.287 e. The molecule has 1 aliphatic rings. The number of carbonyl (C=O) groups is 1. The zero-order valence-electron chi connectivity index (χ0n) is 10.3. The number of furan rings is 1. The maximum absolute atomic E-state index is 11.6. The van der Waals surface area contributed by atoms with E-state index in [1.54, 1.807) is 12.1 Å². The Kier molecular flexibility index (Phi) is 4.20. The monoisotopic (exact) mass is 236 g/mol. The van der Waals surface area contributed by atoms with Crippen LogP contribution in [-0.4, -0.2) is 37.0 Å². The number of carbonyl (C=O) groups excluding carboxylic acids is 1. The van der Waals surface area contributed by atoms with Gasteiger partial charge in [-0.3, -0.25) is 4.79 Å². The fourth-order valence-corrected chi connectivity index (χ4v) is 2.11. The van der Waals surface area contributed by atoms with Gasteiger partial charge in [-0.2, -0.15) is 0 Å². The van der Waals surface area contributed by atoms with Crippen LogP contribution < -0.4 is 5.32 Å². The topological polar surface area (TPSA) is 45.5 Å². The zero-order chi connectivity index (χ0) is 12.1. The Balaban J connectivity index is 1.64. The fourth-order valence-electron chi connectivity index (χ4n) is 2.11. The Labute approximate surface area is 102 Å². The molecule has 0 spiro atoms. The molecule has 0 aromatic carbocycles. The second kappa shape index (κ2) is 5.87. The highest BCUT2D eigenvalue weighted by molar-refractivity contribution is 5.91. The first-order valence-electron chi connectivity index (χ1n) is 6.30. The average Bonchev–Trinajstić information content (AvgIpc) is 2.85. The van der Waals surface area contributed by atoms with E-state index in [2.05, 4.69) is 17.1 Å². The van der Waals surface area contributed by atoms with Gasteiger partial charge in [0.1, 0.15) is 0 Å². The number of nitrogens with one attached hydrogen (secondary N) is 1. The molecule has 94 valence electrons. The summed E-state index contributed by atoms with van der Waals surface area (Å²) < 4.78 is 5.03. The molecule has 0 unspecified atom stereocenters. The molecule has 0 saturated carbocycles. The molecule has 0 radical (unpaired) electrons. The molecule has 0 aliphatic carbocycles. The van der Waals surface area contributed by atoms with Crippen LogP contribution in [0, 0.1) is 5.92 Å². The van der Waals surface area contributed by atoms with E-state index >= 15 is 0 Å². The molecule has 1 aromatic rings. The molecule has 0 bridgehead atoms. The first-order chi connectivity index (χ1) is 8.25. The third kappa shape index (κ3) is 3.60. The van der Waals surface area contributed by atoms with Crippen molar-refractivity contribution in [1.29, 1.82) is 0 Å². The van der Waals surface area contributed by atoms with Crippen LogP contribution in [0.25, 0.3) is 0 Å². The van der Waals surface area contributed by atoms with Crippen LogP contribution in [0.3, 0.4) is 0 Å². The lowest BCUT2D eigenvalue weighted by atomic mass is 9.99. The van der Waals surface area contributed by atoms with Crippen molar-refractivity contribution >= 4 is 5.91 Å². The number of hydrogen-bond acceptors (Lipinski definition) is 3. The predicted octanol–water partition coefficient (Wildman–Crippen LogP) is 1.74. The van der Waals surface area contributed by atoms with Crippen molar-refractivity contribution in [3.8, 4) is 0 Å². The number of piperidine rings is 1. The minimum atomic E-state index is -0.125. The van der Waals surface area contributed by atoms with Gasteiger partial charge in [-0.05, 0) is 44.0 Å². The summed E-state index contributed by atoms with van der Waals surface area (Å²) >= 11 is 0. The van der Waals surface area contributed by atoms with Crippen LogP contribution in [0.4, 0.5) is 0 Å². The molecular formula is C13H20N2O2. The van der Waals surface area contributed by atoms with E-state index in [9.17, 15) is 4.79 Å². The largest absolute Gasteiger partial charge is 0.459 e. The lowest BCUT2D eigenvalue weighted by Gasteiger charge is -2.30. The Morgan fingerprint density at radius 1 is 1.53 bits per heavy atom. The van der Waals surface area contributed by atoms with E-state index in [1.165, 1.54) is 19.1 Å². The van der Waals surface area contributed by atoms with Gasteiger partial charge >= 0.3 is 0 Å². The molecule has 4 heteroatoms. The van der Waals surface area contributed by atoms with Crippen LogP contribution in [-0.2, 0) is 0 Å². The van der Waals surface area contributed by atoms with Crippen LogP contribution in [0.15, 0.2) is 22.8 Å². The average molecular weight is 236 g/mol. The van der Waals surface area contributed by atoms with Gasteiger partial charge in [-0.25, -0.2) is 0 Å². The van der Waals surface area contributed by atoms with Crippen molar-refractivity contribution < 1.29 is 9.21 Å². The second-order valence-corrected chi connectivity index (χ2v) is 4.76. The Morgan fingerprint density at radius 2 is 2.29 bits per heavy atom. The van der Waals surface area contributed by atoms with Crippen molar-refractivity contribution in [3.63, 3.8) is 0 Å². The SMILES string of the molecule is CC1CCN(CCNC(=O)c2ccco2)CC1. The summed E-state index contributed by atoms with van der Waals surface area (Å²) in [5.74, 6) is 1.11. The molecular weight excluding hydrogens is 216 g/mol. The predicted molar refractivity (Wildman–Crippen MR) is 65.9 cm³/mol. The molecule has 1 fully saturated rings. The number of hydrogen-bond donors (Lipinski definition) is 1. The maximum Gasteiger partial charge on any atom is 0.287 e. The van der Waals surface area contributed by atoms with Gasteiger partial charge in [0.05, 0.1) is 6.26 Å². The number of nitrogens with zero attached hydrogens (tertiary/aromatic N) is 1. The first-order valence-corrected chi connectivity index (χ1v) is 6.30. The molecule has 1 saturated heterocycles. The Bertz CT molecular complexity index is 340. The van der Waals surface area contributed by atoms with Crippen LogP contribution in [0.2, 0.25) is 0 Å². The quantitative estimate of drug-likeness (QED) is 0.866. The molecule has 17 heavy (non-hydrogen) atoms. The van der Waals surface area contributed by atoms with E-state index in [0.717, 1.165) is 25.6 Å². The van der Waals surface area contributed by atoms with E-state index < -0.39 is 0 Å². The van der Waals surface area contributed by atoms with Crippen molar-refractivity contribution in [3.05, 3.63) is 24.2 Å². The highest BCUT2D eigenvalue weighted by atomic mass is 16.3. The lowest BCUT2D eigenvalue weighted by Crippen LogP contribution is -2.39. The molecule has 1 aliphatic heterocycles. The van der Waals surface area contributed by atoms with Gasteiger partial charge < -0.3 is 14.6 Å². The minimum absolute atomic E-state index is 0.125. The van der Waals surface area contributed by atoms with E-state index in [0.29, 0.717) is 12.3 Å². The zero-order valence-corrected chi connectivity index (χ0v) is 10.3. The normalized spacial score (nSPS) is 18.2. The highest BCUT2D eigenvalue weighted by Gasteiger charge is 2.15. The minimum Gasteiger partial charge on any atom is -0.459 e. The molecule has 1 N–H and O–H groups in total. The molecule has 4 nitrogen and oxygen atoms in total. The van der Waals surface area contributed by atoms with Crippen molar-refractivity contribution in [1.82, 2.24) is 10.2 Å². The fraction of sp³-hybridized carbons (Fsp3) is 0.615. The van der Waals surface area contributed by atoms with Crippen LogP contribution >= 0.6 is 0 Å². The van der Waals surface area contributed by atoms with Crippen LogP contribution in [0.5, 0.6) is 0 Å². The molecule has 1 aromatic heterocycles. The lowest BCUT2D eigenvalue weighted by molar-refractivity contribution is 0.0917. The molecule has 0 atom stereocenters. The van der Waals surface area contributed by atoms with Gasteiger partial charge in [0, 0.05) is 13.1 Å². The maximum atomic E-state index is 11.6. The van der Waals surface area contributed by atoms with Crippen molar-refractivity contribution in [2.75, 3.05) is 26.2 Å². The summed E-state index contributed by atoms with van der Waals surface area (Å²) in [4.78, 5) is 14.0. The van der Waals surface area contributed by atoms with E-state index in [1.807, 2.05) is 0 Å². The standard InChI is InChI=1S/C13H20N2O2/c1-11-4-7-15(8-5-11)9-6-14-13(16)12-3-2-10-17-12/h2-3,10-11H,4-9H2,1H3,(H,14,16). The highest BCUT2D eigenvalue weighted by Crippen LogP contribution is 2.15. The second-order valence-electron chi connectivity index (χ2n) is 4.76. The molecule has 1 amide bonds. The van der Waals surface area contributed by atoms with Gasteiger partial charge in [-0.1, -0.05) is 6.92 Å². The van der Waals surface area contributed by atoms with Gasteiger partial charge in [0.15, 0.2) is 5.76 Å². The summed E-state index contributed by atoms with van der Waals surface area (Å²) in [6, 6.07) is 3.40. The third-order valence-electron chi connectivity index (χ3n) is 3.33. The summed E-state index contributed by atoms with van der Waals surface area (Å²) in [7, 11) is 0. The Hall–Kier alpha value is -1.29. The van der Waals surface area contributed by atoms with Crippen LogP contribution in [0.1, 0.15) is 30.3 Å². The third-order valence-corrected chi connectivity index (χ3v) is 3.33. The van der Waals surface area contributed by atoms with Crippen molar-refractivity contribution in [2.45, 2.75) is 19.8 Å². The summed E-state index contributed by atoms with van der Waals surface area (Å²) in [5.41, 5.74) is 0. The first kappa shape index (κ1) is 12.2. The Morgan fingerprint density at radius 3 is 2.94 bits per heavy atom. The summed E-state index contributed by atoms with van der Waals surface area (Å²) in [5, 5.41) is 2.87.